The van der Waals surface area contributed by atoms with E-state index in [1.807, 2.05) is 0 Å². The number of para-hydroxylation sites is 1. The zero-order chi connectivity index (χ0) is 14.1. The molecule has 0 spiro atoms. The summed E-state index contributed by atoms with van der Waals surface area (Å²) in [6.45, 7) is 1.79. The number of rotatable bonds is 4. The highest BCUT2D eigenvalue weighted by Crippen LogP contribution is 2.28. The number of aromatic nitrogens is 5. The number of fused-ring (bicyclic) bond motifs is 1. The lowest BCUT2D eigenvalue weighted by Gasteiger charge is -2.05. The molecule has 1 unspecified atom stereocenters. The summed E-state index contributed by atoms with van der Waals surface area (Å²) in [5, 5.41) is 27.3. The molecule has 0 aliphatic carbocycles. The Kier molecular flexibility index (Phi) is 2.75. The van der Waals surface area contributed by atoms with Crippen molar-refractivity contribution in [2.75, 3.05) is 5.32 Å². The van der Waals surface area contributed by atoms with E-state index in [0.29, 0.717) is 11.4 Å². The molecular weight excluding hydrogens is 266 g/mol. The number of nitrogens with zero attached hydrogens (tertiary/aromatic N) is 5. The van der Waals surface area contributed by atoms with Crippen LogP contribution in [0.2, 0.25) is 0 Å². The largest absolute Gasteiger partial charge is 0.423 e. The molecule has 0 bridgehead atoms. The number of tetrazole rings is 1. The van der Waals surface area contributed by atoms with Crippen LogP contribution in [0.4, 0.5) is 11.7 Å². The van der Waals surface area contributed by atoms with Crippen LogP contribution in [0.25, 0.3) is 11.1 Å². The quantitative estimate of drug-likeness (QED) is 0.539. The van der Waals surface area contributed by atoms with E-state index < -0.39 is 4.92 Å². The van der Waals surface area contributed by atoms with Gasteiger partial charge in [-0.2, -0.15) is 10.2 Å². The predicted molar refractivity (Wildman–Crippen MR) is 66.9 cm³/mol. The van der Waals surface area contributed by atoms with Crippen LogP contribution >= 0.6 is 0 Å². The highest BCUT2D eigenvalue weighted by molar-refractivity contribution is 5.84. The van der Waals surface area contributed by atoms with Crippen molar-refractivity contribution in [3.63, 3.8) is 0 Å². The molecule has 3 rings (SSSR count). The first-order valence-corrected chi connectivity index (χ1v) is 5.69. The maximum absolute atomic E-state index is 10.9. The third-order valence-electron chi connectivity index (χ3n) is 2.68. The highest BCUT2D eigenvalue weighted by Gasteiger charge is 2.19. The van der Waals surface area contributed by atoms with E-state index in [9.17, 15) is 10.1 Å². The molecule has 0 aliphatic heterocycles. The van der Waals surface area contributed by atoms with Gasteiger partial charge in [-0.3, -0.25) is 10.1 Å². The van der Waals surface area contributed by atoms with Gasteiger partial charge >= 0.3 is 0 Å². The second kappa shape index (κ2) is 4.57. The summed E-state index contributed by atoms with van der Waals surface area (Å²) in [7, 11) is 0. The Morgan fingerprint density at radius 1 is 1.50 bits per heavy atom. The van der Waals surface area contributed by atoms with Crippen LogP contribution in [-0.2, 0) is 0 Å². The Morgan fingerprint density at radius 2 is 2.35 bits per heavy atom. The molecule has 10 heteroatoms. The topological polar surface area (TPSA) is 136 Å². The lowest BCUT2D eigenvalue weighted by atomic mass is 10.3. The number of non-ortho nitro benzene ring substituents is 1. The summed E-state index contributed by atoms with van der Waals surface area (Å²) in [5.74, 6) is 0.432. The van der Waals surface area contributed by atoms with Gasteiger partial charge in [0, 0.05) is 6.07 Å². The molecule has 1 aromatic carbocycles. The van der Waals surface area contributed by atoms with Gasteiger partial charge in [-0.15, -0.1) is 10.2 Å². The monoisotopic (exact) mass is 275 g/mol. The average Bonchev–Trinajstić information content (AvgIpc) is 3.06. The maximum atomic E-state index is 10.9. The Hall–Kier alpha value is -3.04. The molecule has 1 atom stereocenters. The van der Waals surface area contributed by atoms with Crippen molar-refractivity contribution in [3.05, 3.63) is 34.1 Å². The number of nitrogens with one attached hydrogen (secondary N) is 2. The van der Waals surface area contributed by atoms with Crippen LogP contribution in [-0.4, -0.2) is 30.5 Å². The molecule has 2 aromatic heterocycles. The molecule has 20 heavy (non-hydrogen) atoms. The molecular formula is C10H9N7O3. The maximum Gasteiger partial charge on any atom is 0.298 e. The summed E-state index contributed by atoms with van der Waals surface area (Å²) >= 11 is 0. The van der Waals surface area contributed by atoms with Gasteiger partial charge in [0.2, 0.25) is 0 Å². The summed E-state index contributed by atoms with van der Waals surface area (Å²) in [6, 6.07) is 4.38. The van der Waals surface area contributed by atoms with E-state index >= 15 is 0 Å². The lowest BCUT2D eigenvalue weighted by Crippen LogP contribution is -2.08. The van der Waals surface area contributed by atoms with Gasteiger partial charge in [0.05, 0.1) is 11.0 Å². The first kappa shape index (κ1) is 12.0. The molecule has 0 fully saturated rings. The third kappa shape index (κ3) is 2.02. The van der Waals surface area contributed by atoms with Crippen molar-refractivity contribution < 1.29 is 9.34 Å². The van der Waals surface area contributed by atoms with Gasteiger partial charge in [0.25, 0.3) is 11.7 Å². The van der Waals surface area contributed by atoms with Crippen molar-refractivity contribution in [2.24, 2.45) is 0 Å². The minimum Gasteiger partial charge on any atom is -0.423 e. The van der Waals surface area contributed by atoms with Crippen molar-refractivity contribution in [1.82, 2.24) is 25.6 Å². The Bertz CT molecular complexity index is 751. The van der Waals surface area contributed by atoms with Gasteiger partial charge in [-0.05, 0) is 13.0 Å². The van der Waals surface area contributed by atoms with E-state index in [4.69, 9.17) is 4.42 Å². The van der Waals surface area contributed by atoms with E-state index in [1.165, 1.54) is 12.1 Å². The van der Waals surface area contributed by atoms with E-state index in [1.54, 1.807) is 13.0 Å². The van der Waals surface area contributed by atoms with Gasteiger partial charge in [-0.1, -0.05) is 11.3 Å². The van der Waals surface area contributed by atoms with Gasteiger partial charge in [-0.25, -0.2) is 0 Å². The molecule has 0 aliphatic rings. The minimum atomic E-state index is -0.503. The van der Waals surface area contributed by atoms with Crippen molar-refractivity contribution >= 4 is 22.8 Å². The van der Waals surface area contributed by atoms with Gasteiger partial charge in [0.1, 0.15) is 0 Å². The van der Waals surface area contributed by atoms with E-state index in [2.05, 4.69) is 30.9 Å². The fraction of sp³-hybridized carbons (Fsp3) is 0.200. The number of hydrogen-bond donors (Lipinski definition) is 2. The number of H-pyrrole nitrogens is 1. The SMILES string of the molecule is CC(Nc1nc2c([N+](=O)[O-])cccc2o1)c1nn[nH]n1. The van der Waals surface area contributed by atoms with Crippen LogP contribution in [0.3, 0.4) is 0 Å². The number of oxazole rings is 1. The number of nitro benzene ring substituents is 1. The molecule has 3 aromatic rings. The molecule has 0 amide bonds. The summed E-state index contributed by atoms with van der Waals surface area (Å²) < 4.78 is 5.41. The summed E-state index contributed by atoms with van der Waals surface area (Å²) in [5.41, 5.74) is 0.425. The van der Waals surface area contributed by atoms with Crippen molar-refractivity contribution in [3.8, 4) is 0 Å². The lowest BCUT2D eigenvalue weighted by molar-refractivity contribution is -0.383. The summed E-state index contributed by atoms with van der Waals surface area (Å²) in [4.78, 5) is 14.5. The molecule has 10 nitrogen and oxygen atoms in total. The fourth-order valence-corrected chi connectivity index (χ4v) is 1.75. The number of aromatic amines is 1. The summed E-state index contributed by atoms with van der Waals surface area (Å²) in [6.07, 6.45) is 0. The minimum absolute atomic E-state index is 0.105. The fourth-order valence-electron chi connectivity index (χ4n) is 1.75. The van der Waals surface area contributed by atoms with Crippen molar-refractivity contribution in [1.29, 1.82) is 0 Å². The highest BCUT2D eigenvalue weighted by atomic mass is 16.6. The number of benzene rings is 1. The first-order valence-electron chi connectivity index (χ1n) is 5.69. The molecule has 0 radical (unpaired) electrons. The molecule has 2 heterocycles. The number of hydrogen-bond acceptors (Lipinski definition) is 8. The van der Waals surface area contributed by atoms with Crippen LogP contribution in [0.1, 0.15) is 18.8 Å². The molecule has 0 saturated heterocycles. The number of nitro groups is 1. The van der Waals surface area contributed by atoms with Crippen LogP contribution < -0.4 is 5.32 Å². The Labute approximate surface area is 111 Å². The normalized spacial score (nSPS) is 12.4. The van der Waals surface area contributed by atoms with E-state index in [0.717, 1.165) is 0 Å². The zero-order valence-corrected chi connectivity index (χ0v) is 10.3. The first-order chi connectivity index (χ1) is 9.65. The zero-order valence-electron chi connectivity index (χ0n) is 10.3. The second-order valence-electron chi connectivity index (χ2n) is 4.04. The predicted octanol–water partition coefficient (Wildman–Crippen LogP) is 1.42. The molecule has 102 valence electrons. The smallest absolute Gasteiger partial charge is 0.298 e. The average molecular weight is 275 g/mol. The van der Waals surface area contributed by atoms with Gasteiger partial charge in [0.15, 0.2) is 16.9 Å². The number of anilines is 1. The third-order valence-corrected chi connectivity index (χ3v) is 2.68. The van der Waals surface area contributed by atoms with Crippen LogP contribution in [0, 0.1) is 10.1 Å². The second-order valence-corrected chi connectivity index (χ2v) is 4.04. The Balaban J connectivity index is 1.93. The molecule has 0 saturated carbocycles. The van der Waals surface area contributed by atoms with Crippen molar-refractivity contribution in [2.45, 2.75) is 13.0 Å². The Morgan fingerprint density at radius 3 is 3.05 bits per heavy atom. The van der Waals surface area contributed by atoms with Crippen LogP contribution in [0.5, 0.6) is 0 Å². The standard InChI is InChI=1S/C10H9N7O3/c1-5(9-13-15-16-14-9)11-10-12-8-6(17(18)19)3-2-4-7(8)20-10/h2-5H,1H3,(H,11,12)(H,13,14,15,16). The molecule has 2 N–H and O–H groups in total. The van der Waals surface area contributed by atoms with Crippen LogP contribution in [0.15, 0.2) is 22.6 Å². The van der Waals surface area contributed by atoms with E-state index in [-0.39, 0.29) is 23.3 Å². The van der Waals surface area contributed by atoms with Gasteiger partial charge < -0.3 is 9.73 Å².